The van der Waals surface area contributed by atoms with Crippen LogP contribution < -0.4 is 0 Å². The molecule has 0 bridgehead atoms. The van der Waals surface area contributed by atoms with E-state index in [1.807, 2.05) is 0 Å². The van der Waals surface area contributed by atoms with E-state index in [-0.39, 0.29) is 6.61 Å². The smallest absolute Gasteiger partial charge is 0.321 e. The summed E-state index contributed by atoms with van der Waals surface area (Å²) in [5.41, 5.74) is 0. The lowest BCUT2D eigenvalue weighted by Crippen LogP contribution is -2.19. The highest BCUT2D eigenvalue weighted by molar-refractivity contribution is 7.92. The van der Waals surface area contributed by atoms with E-state index in [1.165, 1.54) is 6.92 Å². The molecule has 0 aliphatic heterocycles. The molecule has 0 saturated heterocycles. The molecule has 0 fully saturated rings. The molecule has 1 aromatic rings. The van der Waals surface area contributed by atoms with Crippen molar-refractivity contribution in [2.75, 3.05) is 12.4 Å². The minimum Gasteiger partial charge on any atom is -0.465 e. The van der Waals surface area contributed by atoms with Crippen LogP contribution in [-0.2, 0) is 19.4 Å². The summed E-state index contributed by atoms with van der Waals surface area (Å²) in [6, 6.07) is 2.01. The summed E-state index contributed by atoms with van der Waals surface area (Å²) in [6.45, 7) is 1.52. The number of hydrogen-bond acceptors (Lipinski definition) is 4. The number of carbonyl (C=O) groups excluding carboxylic acids is 1. The zero-order valence-corrected chi connectivity index (χ0v) is 9.76. The molecule has 0 amide bonds. The zero-order chi connectivity index (χ0) is 13.1. The Hall–Kier alpha value is -1.50. The van der Waals surface area contributed by atoms with Crippen molar-refractivity contribution in [3.63, 3.8) is 0 Å². The van der Waals surface area contributed by atoms with Gasteiger partial charge in [0.1, 0.15) is 16.5 Å². The van der Waals surface area contributed by atoms with E-state index in [2.05, 4.69) is 4.74 Å². The summed E-state index contributed by atoms with van der Waals surface area (Å²) in [4.78, 5) is 10.2. The van der Waals surface area contributed by atoms with E-state index >= 15 is 0 Å². The third kappa shape index (κ3) is 3.48. The quantitative estimate of drug-likeness (QED) is 0.769. The lowest BCUT2D eigenvalue weighted by atomic mass is 10.3. The van der Waals surface area contributed by atoms with Gasteiger partial charge in [0, 0.05) is 0 Å². The molecule has 0 aliphatic rings. The fraction of sp³-hybridized carbons (Fsp3) is 0.300. The van der Waals surface area contributed by atoms with Gasteiger partial charge in [-0.1, -0.05) is 0 Å². The van der Waals surface area contributed by atoms with Gasteiger partial charge in [-0.3, -0.25) is 4.79 Å². The SMILES string of the molecule is CCOC(=O)CS(=O)(=O)c1cc(F)ccc1F. The second kappa shape index (κ2) is 5.22. The van der Waals surface area contributed by atoms with Gasteiger partial charge in [0.25, 0.3) is 0 Å². The maximum Gasteiger partial charge on any atom is 0.321 e. The maximum absolute atomic E-state index is 13.2. The minimum atomic E-state index is -4.22. The van der Waals surface area contributed by atoms with Crippen LogP contribution in [-0.4, -0.2) is 26.7 Å². The van der Waals surface area contributed by atoms with Gasteiger partial charge >= 0.3 is 5.97 Å². The largest absolute Gasteiger partial charge is 0.465 e. The van der Waals surface area contributed by atoms with Gasteiger partial charge in [0.05, 0.1) is 6.61 Å². The molecule has 0 aromatic heterocycles. The Morgan fingerprint density at radius 1 is 1.35 bits per heavy atom. The van der Waals surface area contributed by atoms with Crippen LogP contribution in [0.5, 0.6) is 0 Å². The first-order chi connectivity index (χ1) is 7.86. The summed E-state index contributed by atoms with van der Waals surface area (Å²) in [5, 5.41) is 0. The fourth-order valence-corrected chi connectivity index (χ4v) is 2.36. The summed E-state index contributed by atoms with van der Waals surface area (Å²) in [5.74, 6) is -4.01. The number of ether oxygens (including phenoxy) is 1. The Bertz CT molecular complexity index is 525. The molecule has 0 spiro atoms. The number of carbonyl (C=O) groups is 1. The van der Waals surface area contributed by atoms with Crippen LogP contribution in [0.2, 0.25) is 0 Å². The summed E-state index contributed by atoms with van der Waals surface area (Å²) in [7, 11) is -4.22. The number of hydrogen-bond donors (Lipinski definition) is 0. The van der Waals surface area contributed by atoms with Crippen LogP contribution in [0, 0.1) is 11.6 Å². The van der Waals surface area contributed by atoms with Crippen LogP contribution in [0.3, 0.4) is 0 Å². The Morgan fingerprint density at radius 3 is 2.59 bits per heavy atom. The molecule has 17 heavy (non-hydrogen) atoms. The van der Waals surface area contributed by atoms with Crippen LogP contribution in [0.1, 0.15) is 6.92 Å². The third-order valence-electron chi connectivity index (χ3n) is 1.84. The first-order valence-corrected chi connectivity index (χ1v) is 6.35. The topological polar surface area (TPSA) is 60.4 Å². The van der Waals surface area contributed by atoms with E-state index in [9.17, 15) is 22.0 Å². The first-order valence-electron chi connectivity index (χ1n) is 4.70. The number of rotatable bonds is 4. The normalized spacial score (nSPS) is 11.2. The molecule has 7 heteroatoms. The van der Waals surface area contributed by atoms with Crippen molar-refractivity contribution in [2.45, 2.75) is 11.8 Å². The highest BCUT2D eigenvalue weighted by atomic mass is 32.2. The van der Waals surface area contributed by atoms with E-state index in [0.29, 0.717) is 12.1 Å². The number of halogens is 2. The van der Waals surface area contributed by atoms with Crippen LogP contribution in [0.4, 0.5) is 8.78 Å². The van der Waals surface area contributed by atoms with Crippen LogP contribution in [0.25, 0.3) is 0 Å². The Morgan fingerprint density at radius 2 is 2.00 bits per heavy atom. The average Bonchev–Trinajstić information content (AvgIpc) is 2.21. The highest BCUT2D eigenvalue weighted by Gasteiger charge is 2.24. The van der Waals surface area contributed by atoms with Crippen molar-refractivity contribution in [2.24, 2.45) is 0 Å². The first kappa shape index (κ1) is 13.6. The van der Waals surface area contributed by atoms with Gasteiger partial charge < -0.3 is 4.74 Å². The molecule has 1 rings (SSSR count). The second-order valence-electron chi connectivity index (χ2n) is 3.14. The molecule has 0 aliphatic carbocycles. The van der Waals surface area contributed by atoms with Crippen molar-refractivity contribution in [3.05, 3.63) is 29.8 Å². The van der Waals surface area contributed by atoms with Gasteiger partial charge in [0.2, 0.25) is 0 Å². The number of esters is 1. The Balaban J connectivity index is 3.05. The van der Waals surface area contributed by atoms with Crippen molar-refractivity contribution < 1.29 is 26.7 Å². The minimum absolute atomic E-state index is 0.0139. The van der Waals surface area contributed by atoms with Gasteiger partial charge in [-0.05, 0) is 25.1 Å². The van der Waals surface area contributed by atoms with Crippen molar-refractivity contribution in [1.82, 2.24) is 0 Å². The predicted molar refractivity (Wildman–Crippen MR) is 55.0 cm³/mol. The molecule has 0 atom stereocenters. The molecule has 0 unspecified atom stereocenters. The van der Waals surface area contributed by atoms with Gasteiger partial charge in [-0.25, -0.2) is 17.2 Å². The van der Waals surface area contributed by atoms with Gasteiger partial charge in [-0.2, -0.15) is 0 Å². The molecule has 0 saturated carbocycles. The molecule has 4 nitrogen and oxygen atoms in total. The third-order valence-corrected chi connectivity index (χ3v) is 3.44. The standard InChI is InChI=1S/C10H10F2O4S/c1-2-16-10(13)6-17(14,15)9-5-7(11)3-4-8(9)12/h3-5H,2,6H2,1H3. The molecule has 0 heterocycles. The predicted octanol–water partition coefficient (Wildman–Crippen LogP) is 1.30. The molecular weight excluding hydrogens is 254 g/mol. The number of benzene rings is 1. The van der Waals surface area contributed by atoms with E-state index in [0.717, 1.165) is 6.07 Å². The summed E-state index contributed by atoms with van der Waals surface area (Å²) >= 11 is 0. The van der Waals surface area contributed by atoms with Crippen molar-refractivity contribution in [1.29, 1.82) is 0 Å². The van der Waals surface area contributed by atoms with Gasteiger partial charge in [0.15, 0.2) is 15.6 Å². The maximum atomic E-state index is 13.2. The molecule has 0 radical (unpaired) electrons. The number of sulfone groups is 1. The summed E-state index contributed by atoms with van der Waals surface area (Å²) < 4.78 is 53.6. The Kier molecular flexibility index (Phi) is 4.17. The molecule has 1 aromatic carbocycles. The van der Waals surface area contributed by atoms with E-state index in [4.69, 9.17) is 0 Å². The van der Waals surface area contributed by atoms with E-state index in [1.54, 1.807) is 0 Å². The average molecular weight is 264 g/mol. The lowest BCUT2D eigenvalue weighted by molar-refractivity contribution is -0.139. The zero-order valence-electron chi connectivity index (χ0n) is 8.94. The van der Waals surface area contributed by atoms with Crippen molar-refractivity contribution >= 4 is 15.8 Å². The van der Waals surface area contributed by atoms with Crippen LogP contribution >= 0.6 is 0 Å². The molecular formula is C10H10F2O4S. The van der Waals surface area contributed by atoms with Crippen LogP contribution in [0.15, 0.2) is 23.1 Å². The van der Waals surface area contributed by atoms with Crippen molar-refractivity contribution in [3.8, 4) is 0 Å². The highest BCUT2D eigenvalue weighted by Crippen LogP contribution is 2.17. The summed E-state index contributed by atoms with van der Waals surface area (Å²) in [6.07, 6.45) is 0. The molecule has 94 valence electrons. The monoisotopic (exact) mass is 264 g/mol. The van der Waals surface area contributed by atoms with Gasteiger partial charge in [-0.15, -0.1) is 0 Å². The van der Waals surface area contributed by atoms with E-state index < -0.39 is 38.1 Å². The Labute approximate surface area is 97.1 Å². The lowest BCUT2D eigenvalue weighted by Gasteiger charge is -2.05. The fourth-order valence-electron chi connectivity index (χ4n) is 1.15. The second-order valence-corrected chi connectivity index (χ2v) is 5.10. The molecule has 0 N–H and O–H groups in total.